The zero-order valence-electron chi connectivity index (χ0n) is 11.5. The van der Waals surface area contributed by atoms with Crippen LogP contribution >= 0.6 is 0 Å². The summed E-state index contributed by atoms with van der Waals surface area (Å²) < 4.78 is 0. The van der Waals surface area contributed by atoms with Gasteiger partial charge in [-0.15, -0.1) is 0 Å². The van der Waals surface area contributed by atoms with Crippen molar-refractivity contribution in [2.75, 3.05) is 5.73 Å². The summed E-state index contributed by atoms with van der Waals surface area (Å²) in [7, 11) is 0. The summed E-state index contributed by atoms with van der Waals surface area (Å²) >= 11 is 0. The van der Waals surface area contributed by atoms with Crippen molar-refractivity contribution in [1.82, 2.24) is 10.3 Å². The van der Waals surface area contributed by atoms with Gasteiger partial charge in [-0.05, 0) is 36.5 Å². The van der Waals surface area contributed by atoms with Crippen molar-refractivity contribution in [2.45, 2.75) is 37.3 Å². The number of anilines is 1. The fourth-order valence-corrected chi connectivity index (χ4v) is 3.70. The van der Waals surface area contributed by atoms with E-state index in [9.17, 15) is 0 Å². The lowest BCUT2D eigenvalue weighted by atomic mass is 9.97. The Morgan fingerprint density at radius 1 is 1.25 bits per heavy atom. The van der Waals surface area contributed by atoms with Gasteiger partial charge in [0.2, 0.25) is 0 Å². The molecule has 2 aromatic rings. The summed E-state index contributed by atoms with van der Waals surface area (Å²) in [6.45, 7) is 0.814. The summed E-state index contributed by atoms with van der Waals surface area (Å²) in [5, 5.41) is 3.67. The highest BCUT2D eigenvalue weighted by Gasteiger charge is 2.57. The molecule has 3 nitrogen and oxygen atoms in total. The number of rotatable bonds is 3. The molecule has 0 radical (unpaired) electrons. The molecule has 1 aromatic carbocycles. The standard InChI is InChI=1S/C17H19N3/c18-16-13(5-3-9-19-16)11-20-15-10-17(15)8-7-12-4-1-2-6-14(12)17/h1-6,9,15,20H,7-8,10-11H2,(H2,18,19). The summed E-state index contributed by atoms with van der Waals surface area (Å²) in [5.74, 6) is 0.640. The van der Waals surface area contributed by atoms with E-state index >= 15 is 0 Å². The maximum absolute atomic E-state index is 5.90. The largest absolute Gasteiger partial charge is 0.383 e. The zero-order chi connectivity index (χ0) is 13.6. The SMILES string of the molecule is Nc1ncccc1CNC1CC12CCc1ccccc12. The van der Waals surface area contributed by atoms with E-state index in [2.05, 4.69) is 34.6 Å². The zero-order valence-corrected chi connectivity index (χ0v) is 11.5. The third-order valence-electron chi connectivity index (χ3n) is 4.93. The molecule has 1 heterocycles. The lowest BCUT2D eigenvalue weighted by Gasteiger charge is -2.13. The van der Waals surface area contributed by atoms with Crippen LogP contribution in [0.15, 0.2) is 42.6 Å². The second-order valence-corrected chi connectivity index (χ2v) is 6.00. The molecule has 1 saturated carbocycles. The molecule has 2 aliphatic rings. The van der Waals surface area contributed by atoms with Gasteiger partial charge in [-0.2, -0.15) is 0 Å². The van der Waals surface area contributed by atoms with Crippen LogP contribution in [0.25, 0.3) is 0 Å². The Kier molecular flexibility index (Phi) is 2.57. The molecule has 1 spiro atoms. The van der Waals surface area contributed by atoms with Crippen LogP contribution < -0.4 is 11.1 Å². The molecule has 1 aromatic heterocycles. The second-order valence-electron chi connectivity index (χ2n) is 6.00. The van der Waals surface area contributed by atoms with Crippen molar-refractivity contribution in [1.29, 1.82) is 0 Å². The van der Waals surface area contributed by atoms with Gasteiger partial charge in [0.15, 0.2) is 0 Å². The molecule has 4 rings (SSSR count). The van der Waals surface area contributed by atoms with Crippen molar-refractivity contribution < 1.29 is 0 Å². The second kappa shape index (κ2) is 4.32. The Bertz CT molecular complexity index is 652. The number of nitrogens with two attached hydrogens (primary N) is 1. The molecular formula is C17H19N3. The number of nitrogens with zero attached hydrogens (tertiary/aromatic N) is 1. The first-order valence-corrected chi connectivity index (χ1v) is 7.31. The number of aromatic nitrogens is 1. The molecule has 2 unspecified atom stereocenters. The first-order chi connectivity index (χ1) is 9.79. The van der Waals surface area contributed by atoms with Crippen LogP contribution in [0.3, 0.4) is 0 Å². The number of benzene rings is 1. The first kappa shape index (κ1) is 11.9. The minimum Gasteiger partial charge on any atom is -0.383 e. The average Bonchev–Trinajstić information content (AvgIpc) is 3.06. The van der Waals surface area contributed by atoms with E-state index in [-0.39, 0.29) is 0 Å². The number of fused-ring (bicyclic) bond motifs is 2. The third-order valence-corrected chi connectivity index (χ3v) is 4.93. The van der Waals surface area contributed by atoms with Gasteiger partial charge in [-0.3, -0.25) is 0 Å². The normalized spacial score (nSPS) is 26.7. The van der Waals surface area contributed by atoms with Crippen molar-refractivity contribution in [3.8, 4) is 0 Å². The summed E-state index contributed by atoms with van der Waals surface area (Å²) in [6.07, 6.45) is 5.50. The Hall–Kier alpha value is -1.87. The summed E-state index contributed by atoms with van der Waals surface area (Å²) in [5.41, 5.74) is 10.5. The fraction of sp³-hybridized carbons (Fsp3) is 0.353. The first-order valence-electron chi connectivity index (χ1n) is 7.31. The van der Waals surface area contributed by atoms with Gasteiger partial charge in [-0.1, -0.05) is 30.3 Å². The van der Waals surface area contributed by atoms with Crippen LogP contribution in [0.2, 0.25) is 0 Å². The maximum Gasteiger partial charge on any atom is 0.127 e. The van der Waals surface area contributed by atoms with Gasteiger partial charge >= 0.3 is 0 Å². The van der Waals surface area contributed by atoms with E-state index in [0.29, 0.717) is 17.3 Å². The molecule has 3 N–H and O–H groups in total. The molecule has 0 aliphatic heterocycles. The minimum absolute atomic E-state index is 0.396. The Balaban J connectivity index is 1.48. The molecule has 0 bridgehead atoms. The van der Waals surface area contributed by atoms with Gasteiger partial charge in [-0.25, -0.2) is 4.98 Å². The van der Waals surface area contributed by atoms with E-state index < -0.39 is 0 Å². The van der Waals surface area contributed by atoms with Crippen molar-refractivity contribution in [2.24, 2.45) is 0 Å². The molecule has 2 atom stereocenters. The van der Waals surface area contributed by atoms with Gasteiger partial charge in [0, 0.05) is 29.8 Å². The van der Waals surface area contributed by atoms with Gasteiger partial charge in [0.25, 0.3) is 0 Å². The predicted octanol–water partition coefficient (Wildman–Crippen LogP) is 2.41. The number of pyridine rings is 1. The molecule has 3 heteroatoms. The Morgan fingerprint density at radius 3 is 3.05 bits per heavy atom. The average molecular weight is 265 g/mol. The Morgan fingerprint density at radius 2 is 2.15 bits per heavy atom. The number of hydrogen-bond donors (Lipinski definition) is 2. The van der Waals surface area contributed by atoms with Crippen molar-refractivity contribution in [3.63, 3.8) is 0 Å². The highest BCUT2D eigenvalue weighted by molar-refractivity contribution is 5.47. The van der Waals surface area contributed by atoms with Gasteiger partial charge in [0.1, 0.15) is 5.82 Å². The quantitative estimate of drug-likeness (QED) is 0.896. The third kappa shape index (κ3) is 1.74. The fourth-order valence-electron chi connectivity index (χ4n) is 3.70. The number of nitrogen functional groups attached to an aromatic ring is 1. The monoisotopic (exact) mass is 265 g/mol. The van der Waals surface area contributed by atoms with Crippen LogP contribution in [0, 0.1) is 0 Å². The van der Waals surface area contributed by atoms with E-state index in [1.165, 1.54) is 24.8 Å². The van der Waals surface area contributed by atoms with E-state index in [1.807, 2.05) is 12.1 Å². The van der Waals surface area contributed by atoms with Crippen LogP contribution in [0.4, 0.5) is 5.82 Å². The molecule has 2 aliphatic carbocycles. The number of hydrogen-bond acceptors (Lipinski definition) is 3. The van der Waals surface area contributed by atoms with E-state index in [4.69, 9.17) is 5.73 Å². The lowest BCUT2D eigenvalue weighted by molar-refractivity contribution is 0.571. The number of nitrogens with one attached hydrogen (secondary N) is 1. The minimum atomic E-state index is 0.396. The van der Waals surface area contributed by atoms with Gasteiger partial charge < -0.3 is 11.1 Å². The summed E-state index contributed by atoms with van der Waals surface area (Å²) in [4.78, 5) is 4.14. The van der Waals surface area contributed by atoms with Crippen molar-refractivity contribution >= 4 is 5.82 Å². The summed E-state index contributed by atoms with van der Waals surface area (Å²) in [6, 6.07) is 13.5. The smallest absolute Gasteiger partial charge is 0.127 e. The predicted molar refractivity (Wildman–Crippen MR) is 80.3 cm³/mol. The van der Waals surface area contributed by atoms with Gasteiger partial charge in [0.05, 0.1) is 0 Å². The van der Waals surface area contributed by atoms with Crippen LogP contribution in [0.5, 0.6) is 0 Å². The van der Waals surface area contributed by atoms with E-state index in [1.54, 1.807) is 11.8 Å². The van der Waals surface area contributed by atoms with Crippen LogP contribution in [-0.2, 0) is 18.4 Å². The topological polar surface area (TPSA) is 50.9 Å². The van der Waals surface area contributed by atoms with E-state index in [0.717, 1.165) is 12.1 Å². The highest BCUT2D eigenvalue weighted by atomic mass is 15.0. The molecule has 1 fully saturated rings. The molecular weight excluding hydrogens is 246 g/mol. The van der Waals surface area contributed by atoms with Crippen molar-refractivity contribution in [3.05, 3.63) is 59.3 Å². The molecule has 0 saturated heterocycles. The van der Waals surface area contributed by atoms with Crippen LogP contribution in [0.1, 0.15) is 29.5 Å². The lowest BCUT2D eigenvalue weighted by Crippen LogP contribution is -2.24. The van der Waals surface area contributed by atoms with Crippen LogP contribution in [-0.4, -0.2) is 11.0 Å². The number of aryl methyl sites for hydroxylation is 1. The molecule has 0 amide bonds. The molecule has 20 heavy (non-hydrogen) atoms. The maximum atomic E-state index is 5.90. The highest BCUT2D eigenvalue weighted by Crippen LogP contribution is 2.56. The molecule has 102 valence electrons. The Labute approximate surface area is 119 Å².